The Bertz CT molecular complexity index is 762. The van der Waals surface area contributed by atoms with Crippen molar-refractivity contribution in [2.45, 2.75) is 18.9 Å². The molecule has 0 radical (unpaired) electrons. The Labute approximate surface area is 142 Å². The fourth-order valence-electron chi connectivity index (χ4n) is 2.48. The molecule has 1 amide bonds. The highest BCUT2D eigenvalue weighted by atomic mass is 19.2. The van der Waals surface area contributed by atoms with Crippen molar-refractivity contribution >= 4 is 17.3 Å². The lowest BCUT2D eigenvalue weighted by molar-refractivity contribution is 0.102. The molecule has 25 heavy (non-hydrogen) atoms. The Balaban J connectivity index is 1.61. The standard InChI is InChI=1S/C17H16F3N3O2/c18-12-4-6-13(16(20)15(12)19)23-17(24)14-5-3-10(8-22-14)21-9-11-2-1-7-25-11/h3-6,8,11,21H,1-2,7,9H2,(H,23,24). The number of amides is 1. The lowest BCUT2D eigenvalue weighted by Gasteiger charge is -2.12. The minimum atomic E-state index is -1.64. The third-order valence-corrected chi connectivity index (χ3v) is 3.84. The maximum absolute atomic E-state index is 13.6. The number of carbonyl (C=O) groups is 1. The molecule has 1 saturated heterocycles. The van der Waals surface area contributed by atoms with Gasteiger partial charge in [-0.05, 0) is 37.1 Å². The second kappa shape index (κ2) is 7.52. The monoisotopic (exact) mass is 351 g/mol. The highest BCUT2D eigenvalue weighted by Crippen LogP contribution is 2.20. The normalized spacial score (nSPS) is 16.7. The number of halogens is 3. The molecule has 0 bridgehead atoms. The Morgan fingerprint density at radius 2 is 2.04 bits per heavy atom. The summed E-state index contributed by atoms with van der Waals surface area (Å²) in [5, 5.41) is 5.32. The Hall–Kier alpha value is -2.61. The van der Waals surface area contributed by atoms with Crippen molar-refractivity contribution in [2.75, 3.05) is 23.8 Å². The lowest BCUT2D eigenvalue weighted by Crippen LogP contribution is -2.19. The zero-order valence-electron chi connectivity index (χ0n) is 13.2. The average Bonchev–Trinajstić information content (AvgIpc) is 3.14. The summed E-state index contributed by atoms with van der Waals surface area (Å²) in [7, 11) is 0. The van der Waals surface area contributed by atoms with Gasteiger partial charge in [0.25, 0.3) is 5.91 Å². The van der Waals surface area contributed by atoms with E-state index < -0.39 is 29.0 Å². The molecule has 0 aliphatic carbocycles. The van der Waals surface area contributed by atoms with Crippen LogP contribution in [0.1, 0.15) is 23.3 Å². The topological polar surface area (TPSA) is 63.2 Å². The smallest absolute Gasteiger partial charge is 0.274 e. The molecule has 1 aliphatic rings. The van der Waals surface area contributed by atoms with Crippen molar-refractivity contribution in [3.63, 3.8) is 0 Å². The predicted molar refractivity (Wildman–Crippen MR) is 86.0 cm³/mol. The van der Waals surface area contributed by atoms with Gasteiger partial charge in [0.15, 0.2) is 17.5 Å². The van der Waals surface area contributed by atoms with Gasteiger partial charge >= 0.3 is 0 Å². The van der Waals surface area contributed by atoms with Crippen LogP contribution < -0.4 is 10.6 Å². The molecule has 1 aromatic heterocycles. The fraction of sp³-hybridized carbons (Fsp3) is 0.294. The first kappa shape index (κ1) is 17.2. The number of hydrogen-bond acceptors (Lipinski definition) is 4. The number of rotatable bonds is 5. The predicted octanol–water partition coefficient (Wildman–Crippen LogP) is 3.34. The quantitative estimate of drug-likeness (QED) is 0.811. The van der Waals surface area contributed by atoms with E-state index in [2.05, 4.69) is 15.6 Å². The number of aromatic nitrogens is 1. The van der Waals surface area contributed by atoms with Crippen molar-refractivity contribution in [1.82, 2.24) is 4.98 Å². The van der Waals surface area contributed by atoms with Gasteiger partial charge in [-0.1, -0.05) is 0 Å². The van der Waals surface area contributed by atoms with Crippen molar-refractivity contribution in [3.8, 4) is 0 Å². The molecule has 1 unspecified atom stereocenters. The minimum Gasteiger partial charge on any atom is -0.381 e. The van der Waals surface area contributed by atoms with Crippen LogP contribution in [-0.4, -0.2) is 30.1 Å². The van der Waals surface area contributed by atoms with Crippen LogP contribution in [-0.2, 0) is 4.74 Å². The third kappa shape index (κ3) is 4.08. The molecule has 0 spiro atoms. The van der Waals surface area contributed by atoms with Crippen molar-refractivity contribution in [2.24, 2.45) is 0 Å². The molecular formula is C17H16F3N3O2. The Kier molecular flexibility index (Phi) is 5.18. The van der Waals surface area contributed by atoms with Crippen molar-refractivity contribution < 1.29 is 22.7 Å². The van der Waals surface area contributed by atoms with Crippen LogP contribution in [0, 0.1) is 17.5 Å². The summed E-state index contributed by atoms with van der Waals surface area (Å²) in [6.45, 7) is 1.41. The van der Waals surface area contributed by atoms with Gasteiger partial charge in [0.1, 0.15) is 5.69 Å². The summed E-state index contributed by atoms with van der Waals surface area (Å²) in [6.07, 6.45) is 3.68. The molecule has 1 atom stereocenters. The minimum absolute atomic E-state index is 0.0202. The molecule has 1 aliphatic heterocycles. The third-order valence-electron chi connectivity index (χ3n) is 3.84. The number of nitrogens with one attached hydrogen (secondary N) is 2. The number of pyridine rings is 1. The Morgan fingerprint density at radius 1 is 1.20 bits per heavy atom. The van der Waals surface area contributed by atoms with Gasteiger partial charge in [-0.2, -0.15) is 0 Å². The van der Waals surface area contributed by atoms with Gasteiger partial charge in [0.2, 0.25) is 0 Å². The van der Waals surface area contributed by atoms with Crippen LogP contribution in [0.3, 0.4) is 0 Å². The summed E-state index contributed by atoms with van der Waals surface area (Å²) in [4.78, 5) is 16.0. The number of carbonyl (C=O) groups excluding carboxylic acids is 1. The van der Waals surface area contributed by atoms with E-state index in [0.717, 1.165) is 31.6 Å². The number of ether oxygens (including phenoxy) is 1. The largest absolute Gasteiger partial charge is 0.381 e. The zero-order chi connectivity index (χ0) is 17.8. The molecule has 2 heterocycles. The van der Waals surface area contributed by atoms with Gasteiger partial charge in [-0.15, -0.1) is 0 Å². The van der Waals surface area contributed by atoms with E-state index in [-0.39, 0.29) is 11.8 Å². The highest BCUT2D eigenvalue weighted by Gasteiger charge is 2.17. The van der Waals surface area contributed by atoms with Crippen LogP contribution in [0.4, 0.5) is 24.5 Å². The summed E-state index contributed by atoms with van der Waals surface area (Å²) in [5.41, 5.74) is 0.282. The van der Waals surface area contributed by atoms with Crippen LogP contribution in [0.5, 0.6) is 0 Å². The molecule has 2 N–H and O–H groups in total. The zero-order valence-corrected chi connectivity index (χ0v) is 13.2. The van der Waals surface area contributed by atoms with Crippen LogP contribution in [0.25, 0.3) is 0 Å². The van der Waals surface area contributed by atoms with E-state index in [1.807, 2.05) is 0 Å². The number of anilines is 2. The highest BCUT2D eigenvalue weighted by molar-refractivity contribution is 6.03. The van der Waals surface area contributed by atoms with E-state index in [4.69, 9.17) is 4.74 Å². The first-order chi connectivity index (χ1) is 12.0. The number of nitrogens with zero attached hydrogens (tertiary/aromatic N) is 1. The molecular weight excluding hydrogens is 335 g/mol. The van der Waals surface area contributed by atoms with Crippen LogP contribution in [0.15, 0.2) is 30.5 Å². The van der Waals surface area contributed by atoms with Crippen LogP contribution in [0.2, 0.25) is 0 Å². The van der Waals surface area contributed by atoms with E-state index in [1.54, 1.807) is 6.07 Å². The van der Waals surface area contributed by atoms with Crippen molar-refractivity contribution in [1.29, 1.82) is 0 Å². The number of hydrogen-bond donors (Lipinski definition) is 2. The van der Waals surface area contributed by atoms with Gasteiger partial charge < -0.3 is 15.4 Å². The van der Waals surface area contributed by atoms with Gasteiger partial charge in [-0.25, -0.2) is 18.2 Å². The maximum Gasteiger partial charge on any atom is 0.274 e. The summed E-state index contributed by atoms with van der Waals surface area (Å²) < 4.78 is 45.1. The SMILES string of the molecule is O=C(Nc1ccc(F)c(F)c1F)c1ccc(NCC2CCCO2)cn1. The fourth-order valence-corrected chi connectivity index (χ4v) is 2.48. The average molecular weight is 351 g/mol. The number of benzene rings is 1. The molecule has 8 heteroatoms. The summed E-state index contributed by atoms with van der Waals surface area (Å²) >= 11 is 0. The lowest BCUT2D eigenvalue weighted by atomic mass is 10.2. The van der Waals surface area contributed by atoms with E-state index in [1.165, 1.54) is 12.3 Å². The maximum atomic E-state index is 13.6. The summed E-state index contributed by atoms with van der Waals surface area (Å²) in [5.74, 6) is -5.14. The van der Waals surface area contributed by atoms with Gasteiger partial charge in [0, 0.05) is 13.2 Å². The second-order valence-electron chi connectivity index (χ2n) is 5.63. The molecule has 3 rings (SSSR count). The first-order valence-corrected chi connectivity index (χ1v) is 7.81. The molecule has 1 fully saturated rings. The van der Waals surface area contributed by atoms with Crippen molar-refractivity contribution in [3.05, 3.63) is 53.6 Å². The van der Waals surface area contributed by atoms with Gasteiger partial charge in [0.05, 0.1) is 23.7 Å². The Morgan fingerprint density at radius 3 is 2.72 bits per heavy atom. The van der Waals surface area contributed by atoms with E-state index in [9.17, 15) is 18.0 Å². The molecule has 0 saturated carbocycles. The molecule has 132 valence electrons. The first-order valence-electron chi connectivity index (χ1n) is 7.81. The summed E-state index contributed by atoms with van der Waals surface area (Å²) in [6, 6.07) is 4.78. The van der Waals surface area contributed by atoms with Crippen LogP contribution >= 0.6 is 0 Å². The van der Waals surface area contributed by atoms with E-state index >= 15 is 0 Å². The second-order valence-corrected chi connectivity index (χ2v) is 5.63. The molecule has 1 aromatic carbocycles. The van der Waals surface area contributed by atoms with E-state index in [0.29, 0.717) is 12.2 Å². The molecule has 5 nitrogen and oxygen atoms in total. The molecule has 2 aromatic rings. The van der Waals surface area contributed by atoms with Gasteiger partial charge in [-0.3, -0.25) is 4.79 Å².